The van der Waals surface area contributed by atoms with Crippen molar-refractivity contribution in [1.29, 1.82) is 0 Å². The summed E-state index contributed by atoms with van der Waals surface area (Å²) in [7, 11) is 0. The summed E-state index contributed by atoms with van der Waals surface area (Å²) >= 11 is 0. The monoisotopic (exact) mass is 282 g/mol. The average molecular weight is 282 g/mol. The summed E-state index contributed by atoms with van der Waals surface area (Å²) in [6.07, 6.45) is 2.63. The molecule has 2 aromatic rings. The van der Waals surface area contributed by atoms with Gasteiger partial charge in [-0.2, -0.15) is 0 Å². The van der Waals surface area contributed by atoms with Crippen LogP contribution in [0.1, 0.15) is 23.0 Å². The number of aliphatic imine (C=N–C) groups is 1. The Kier molecular flexibility index (Phi) is 2.74. The van der Waals surface area contributed by atoms with Crippen molar-refractivity contribution in [2.75, 3.05) is 13.1 Å². The quantitative estimate of drug-likeness (QED) is 0.878. The van der Waals surface area contributed by atoms with Gasteiger partial charge in [0.05, 0.1) is 17.9 Å². The molecule has 0 radical (unpaired) electrons. The second-order valence-corrected chi connectivity index (χ2v) is 5.83. The smallest absolute Gasteiger partial charge is 0.256 e. The van der Waals surface area contributed by atoms with E-state index in [2.05, 4.69) is 22.2 Å². The molecule has 4 rings (SSSR count). The molecule has 0 aliphatic carbocycles. The number of aromatic amines is 1. The summed E-state index contributed by atoms with van der Waals surface area (Å²) in [6, 6.07) is 8.47. The molecule has 108 valence electrons. The van der Waals surface area contributed by atoms with E-state index in [1.807, 2.05) is 29.2 Å². The summed E-state index contributed by atoms with van der Waals surface area (Å²) in [4.78, 5) is 22.6. The molecule has 1 aromatic carbocycles. The molecule has 3 heterocycles. The average Bonchev–Trinajstić information content (AvgIpc) is 3.06. The van der Waals surface area contributed by atoms with Crippen molar-refractivity contribution >= 4 is 23.1 Å². The number of H-pyrrole nitrogens is 1. The fraction of sp³-hybridized carbons (Fsp3) is 0.375. The molecule has 0 bridgehead atoms. The van der Waals surface area contributed by atoms with Crippen LogP contribution in [0.4, 0.5) is 0 Å². The first-order valence-corrected chi connectivity index (χ1v) is 7.40. The minimum Gasteiger partial charge on any atom is -0.372 e. The number of hydrogen-bond acceptors (Lipinski definition) is 3. The van der Waals surface area contributed by atoms with Crippen LogP contribution in [0.2, 0.25) is 0 Å². The van der Waals surface area contributed by atoms with Crippen LogP contribution in [0, 0.1) is 0 Å². The molecule has 5 nitrogen and oxygen atoms in total. The second kappa shape index (κ2) is 4.62. The van der Waals surface area contributed by atoms with Crippen molar-refractivity contribution in [2.24, 2.45) is 4.99 Å². The van der Waals surface area contributed by atoms with E-state index >= 15 is 0 Å². The minimum absolute atomic E-state index is 0.128. The first-order valence-electron chi connectivity index (χ1n) is 7.40. The third-order valence-electron chi connectivity index (χ3n) is 4.50. The molecule has 2 aliphatic heterocycles. The fourth-order valence-electron chi connectivity index (χ4n) is 3.24. The molecule has 5 heteroatoms. The number of carbonyl (C=O) groups is 1. The third kappa shape index (κ3) is 1.92. The van der Waals surface area contributed by atoms with Crippen molar-refractivity contribution in [3.8, 4) is 0 Å². The Bertz CT molecular complexity index is 733. The van der Waals surface area contributed by atoms with Crippen molar-refractivity contribution in [2.45, 2.75) is 25.4 Å². The van der Waals surface area contributed by atoms with Crippen LogP contribution in [0.15, 0.2) is 29.3 Å². The van der Waals surface area contributed by atoms with E-state index in [1.165, 1.54) is 0 Å². The Hall–Kier alpha value is -2.30. The molecule has 1 aromatic heterocycles. The van der Waals surface area contributed by atoms with Gasteiger partial charge in [0.25, 0.3) is 5.91 Å². The molecular formula is C16H18N4O. The van der Waals surface area contributed by atoms with E-state index in [9.17, 15) is 4.79 Å². The lowest BCUT2D eigenvalue weighted by molar-refractivity contribution is 0.0729. The van der Waals surface area contributed by atoms with E-state index in [0.29, 0.717) is 12.6 Å². The van der Waals surface area contributed by atoms with Crippen LogP contribution >= 0.6 is 0 Å². The lowest BCUT2D eigenvalue weighted by Crippen LogP contribution is -2.44. The van der Waals surface area contributed by atoms with E-state index in [4.69, 9.17) is 0 Å². The van der Waals surface area contributed by atoms with Crippen molar-refractivity contribution in [1.82, 2.24) is 15.2 Å². The van der Waals surface area contributed by atoms with E-state index in [1.54, 1.807) is 6.34 Å². The van der Waals surface area contributed by atoms with Gasteiger partial charge in [0.1, 0.15) is 0 Å². The summed E-state index contributed by atoms with van der Waals surface area (Å²) in [6.45, 7) is 3.54. The summed E-state index contributed by atoms with van der Waals surface area (Å²) in [5.41, 5.74) is 2.96. The third-order valence-corrected chi connectivity index (χ3v) is 4.50. The Labute approximate surface area is 123 Å². The molecule has 0 saturated heterocycles. The van der Waals surface area contributed by atoms with Gasteiger partial charge in [-0.1, -0.05) is 18.2 Å². The highest BCUT2D eigenvalue weighted by molar-refractivity contribution is 6.08. The maximum atomic E-state index is 12.8. The second-order valence-electron chi connectivity index (χ2n) is 5.83. The fourth-order valence-corrected chi connectivity index (χ4v) is 3.24. The van der Waals surface area contributed by atoms with Crippen LogP contribution in [0.25, 0.3) is 10.9 Å². The molecule has 21 heavy (non-hydrogen) atoms. The van der Waals surface area contributed by atoms with Crippen LogP contribution < -0.4 is 5.32 Å². The summed E-state index contributed by atoms with van der Waals surface area (Å²) in [5.74, 6) is 0.128. The first kappa shape index (κ1) is 12.4. The summed E-state index contributed by atoms with van der Waals surface area (Å²) in [5, 5.41) is 4.21. The van der Waals surface area contributed by atoms with Crippen LogP contribution in [0.3, 0.4) is 0 Å². The molecule has 0 spiro atoms. The predicted octanol–water partition coefficient (Wildman–Crippen LogP) is 1.55. The number of nitrogens with zero attached hydrogens (tertiary/aromatic N) is 2. The molecule has 0 saturated carbocycles. The van der Waals surface area contributed by atoms with Gasteiger partial charge in [-0.3, -0.25) is 9.79 Å². The standard InChI is InChI=1S/C16H18N4O/c1-10-14(18-9-17-10)8-20-7-6-13-15(16(20)21)11-4-2-3-5-12(11)19-13/h2-5,9-10,14,19H,6-8H2,1H3,(H,17,18). The highest BCUT2D eigenvalue weighted by Crippen LogP contribution is 2.28. The van der Waals surface area contributed by atoms with Gasteiger partial charge >= 0.3 is 0 Å². The molecule has 0 fully saturated rings. The summed E-state index contributed by atoms with van der Waals surface area (Å²) < 4.78 is 0. The molecular weight excluding hydrogens is 264 g/mol. The maximum Gasteiger partial charge on any atom is 0.256 e. The van der Waals surface area contributed by atoms with Crippen molar-refractivity contribution in [3.05, 3.63) is 35.5 Å². The maximum absolute atomic E-state index is 12.8. The molecule has 2 atom stereocenters. The van der Waals surface area contributed by atoms with Gasteiger partial charge in [0, 0.05) is 42.1 Å². The largest absolute Gasteiger partial charge is 0.372 e. The van der Waals surface area contributed by atoms with Crippen molar-refractivity contribution < 1.29 is 4.79 Å². The zero-order valence-electron chi connectivity index (χ0n) is 12.0. The van der Waals surface area contributed by atoms with Crippen LogP contribution in [0.5, 0.6) is 0 Å². The van der Waals surface area contributed by atoms with Gasteiger partial charge in [-0.25, -0.2) is 0 Å². The first-order chi connectivity index (χ1) is 10.2. The number of aromatic nitrogens is 1. The SMILES string of the molecule is CC1NC=NC1CN1CCc2[nH]c3ccccc3c2C1=O. The Morgan fingerprint density at radius 1 is 1.38 bits per heavy atom. The van der Waals surface area contributed by atoms with Crippen molar-refractivity contribution in [3.63, 3.8) is 0 Å². The zero-order chi connectivity index (χ0) is 14.4. The topological polar surface area (TPSA) is 60.5 Å². The van der Waals surface area contributed by atoms with Gasteiger partial charge in [0.15, 0.2) is 0 Å². The number of para-hydroxylation sites is 1. The van der Waals surface area contributed by atoms with Crippen LogP contribution in [-0.4, -0.2) is 47.3 Å². The number of rotatable bonds is 2. The number of benzene rings is 1. The Balaban J connectivity index is 1.66. The zero-order valence-corrected chi connectivity index (χ0v) is 12.0. The molecule has 2 N–H and O–H groups in total. The van der Waals surface area contributed by atoms with E-state index < -0.39 is 0 Å². The van der Waals surface area contributed by atoms with Gasteiger partial charge in [-0.05, 0) is 13.0 Å². The van der Waals surface area contributed by atoms with E-state index in [-0.39, 0.29) is 11.9 Å². The normalized spacial score (nSPS) is 24.4. The minimum atomic E-state index is 0.128. The lowest BCUT2D eigenvalue weighted by atomic mass is 10.0. The van der Waals surface area contributed by atoms with E-state index in [0.717, 1.165) is 35.1 Å². The Morgan fingerprint density at radius 3 is 3.05 bits per heavy atom. The molecule has 2 aliphatic rings. The predicted molar refractivity (Wildman–Crippen MR) is 82.8 cm³/mol. The van der Waals surface area contributed by atoms with Crippen LogP contribution in [-0.2, 0) is 6.42 Å². The van der Waals surface area contributed by atoms with Gasteiger partial charge in [-0.15, -0.1) is 0 Å². The van der Waals surface area contributed by atoms with Gasteiger partial charge < -0.3 is 15.2 Å². The van der Waals surface area contributed by atoms with Gasteiger partial charge in [0.2, 0.25) is 0 Å². The highest BCUT2D eigenvalue weighted by atomic mass is 16.2. The molecule has 1 amide bonds. The lowest BCUT2D eigenvalue weighted by Gasteiger charge is -2.29. The molecule has 2 unspecified atom stereocenters. The number of nitrogens with one attached hydrogen (secondary N) is 2. The Morgan fingerprint density at radius 2 is 2.24 bits per heavy atom. The number of carbonyl (C=O) groups excluding carboxylic acids is 1. The number of hydrogen-bond donors (Lipinski definition) is 2. The number of amides is 1. The highest BCUT2D eigenvalue weighted by Gasteiger charge is 2.31. The number of fused-ring (bicyclic) bond motifs is 3.